The molecule has 114 valence electrons. The predicted molar refractivity (Wildman–Crippen MR) is 84.0 cm³/mol. The minimum atomic E-state index is -0.834. The standard InChI is InChI=1S/C15H20N2O3S/c1-10-4-5-12-13(8-10)17(11(2)6-7-20-3)15(16-12)21-9-14(18)19/h4-5,8,11H,6-7,9H2,1-3H3,(H,18,19). The zero-order valence-electron chi connectivity index (χ0n) is 12.5. The van der Waals surface area contributed by atoms with Crippen molar-refractivity contribution in [3.8, 4) is 0 Å². The summed E-state index contributed by atoms with van der Waals surface area (Å²) in [5.41, 5.74) is 3.11. The predicted octanol–water partition coefficient (Wildman–Crippen LogP) is 3.12. The fourth-order valence-corrected chi connectivity index (χ4v) is 3.09. The maximum atomic E-state index is 10.8. The van der Waals surface area contributed by atoms with Crippen LogP contribution in [0.15, 0.2) is 23.4 Å². The Hall–Kier alpha value is -1.53. The molecule has 1 N–H and O–H groups in total. The van der Waals surface area contributed by atoms with Gasteiger partial charge in [0.1, 0.15) is 0 Å². The summed E-state index contributed by atoms with van der Waals surface area (Å²) >= 11 is 1.26. The van der Waals surface area contributed by atoms with Crippen molar-refractivity contribution in [3.05, 3.63) is 23.8 Å². The van der Waals surface area contributed by atoms with Crippen LogP contribution in [0.5, 0.6) is 0 Å². The minimum absolute atomic E-state index is 0.0132. The maximum absolute atomic E-state index is 10.8. The first kappa shape index (κ1) is 15.9. The van der Waals surface area contributed by atoms with E-state index in [1.165, 1.54) is 11.8 Å². The number of aliphatic carboxylic acids is 1. The van der Waals surface area contributed by atoms with Crippen molar-refractivity contribution in [2.75, 3.05) is 19.5 Å². The number of imidazole rings is 1. The third-order valence-corrected chi connectivity index (χ3v) is 4.26. The molecule has 1 unspecified atom stereocenters. The minimum Gasteiger partial charge on any atom is -0.481 e. The number of hydrogen-bond acceptors (Lipinski definition) is 4. The summed E-state index contributed by atoms with van der Waals surface area (Å²) < 4.78 is 7.27. The first-order chi connectivity index (χ1) is 10.0. The largest absolute Gasteiger partial charge is 0.481 e. The van der Waals surface area contributed by atoms with Crippen molar-refractivity contribution >= 4 is 28.8 Å². The highest BCUT2D eigenvalue weighted by atomic mass is 32.2. The Kier molecular flexibility index (Phi) is 5.25. The highest BCUT2D eigenvalue weighted by Crippen LogP contribution is 2.29. The molecule has 21 heavy (non-hydrogen) atoms. The number of hydrogen-bond donors (Lipinski definition) is 1. The smallest absolute Gasteiger partial charge is 0.313 e. The van der Waals surface area contributed by atoms with Gasteiger partial charge in [-0.05, 0) is 38.0 Å². The number of aromatic nitrogens is 2. The molecule has 0 saturated heterocycles. The lowest BCUT2D eigenvalue weighted by atomic mass is 10.2. The Bertz CT molecular complexity index is 639. The van der Waals surface area contributed by atoms with Crippen LogP contribution in [-0.4, -0.2) is 40.1 Å². The zero-order valence-corrected chi connectivity index (χ0v) is 13.3. The van der Waals surface area contributed by atoms with E-state index in [0.29, 0.717) is 6.61 Å². The average molecular weight is 308 g/mol. The van der Waals surface area contributed by atoms with E-state index >= 15 is 0 Å². The van der Waals surface area contributed by atoms with Crippen LogP contribution in [-0.2, 0) is 9.53 Å². The van der Waals surface area contributed by atoms with Gasteiger partial charge in [0.15, 0.2) is 5.16 Å². The van der Waals surface area contributed by atoms with E-state index in [-0.39, 0.29) is 11.8 Å². The first-order valence-electron chi connectivity index (χ1n) is 6.85. The summed E-state index contributed by atoms with van der Waals surface area (Å²) in [7, 11) is 1.68. The number of aryl methyl sites for hydroxylation is 1. The van der Waals surface area contributed by atoms with Gasteiger partial charge in [0.2, 0.25) is 0 Å². The van der Waals surface area contributed by atoms with Crippen molar-refractivity contribution in [2.24, 2.45) is 0 Å². The van der Waals surface area contributed by atoms with Gasteiger partial charge in [-0.3, -0.25) is 4.79 Å². The van der Waals surface area contributed by atoms with Crippen LogP contribution in [0, 0.1) is 6.92 Å². The van der Waals surface area contributed by atoms with Gasteiger partial charge in [-0.25, -0.2) is 4.98 Å². The molecule has 2 aromatic rings. The number of fused-ring (bicyclic) bond motifs is 1. The van der Waals surface area contributed by atoms with E-state index < -0.39 is 5.97 Å². The molecule has 0 aliphatic rings. The van der Waals surface area contributed by atoms with Crippen molar-refractivity contribution in [1.82, 2.24) is 9.55 Å². The van der Waals surface area contributed by atoms with Gasteiger partial charge in [0.25, 0.3) is 0 Å². The lowest BCUT2D eigenvalue weighted by Crippen LogP contribution is -2.10. The van der Waals surface area contributed by atoms with Crippen LogP contribution >= 0.6 is 11.8 Å². The average Bonchev–Trinajstić information content (AvgIpc) is 2.80. The Morgan fingerprint density at radius 1 is 1.52 bits per heavy atom. The molecule has 6 heteroatoms. The van der Waals surface area contributed by atoms with Crippen molar-refractivity contribution < 1.29 is 14.6 Å². The molecule has 2 rings (SSSR count). The van der Waals surface area contributed by atoms with Crippen LogP contribution in [0.4, 0.5) is 0 Å². The zero-order chi connectivity index (χ0) is 15.4. The van der Waals surface area contributed by atoms with Gasteiger partial charge in [0, 0.05) is 19.8 Å². The van der Waals surface area contributed by atoms with Crippen LogP contribution in [0.3, 0.4) is 0 Å². The molecule has 5 nitrogen and oxygen atoms in total. The summed E-state index contributed by atoms with van der Waals surface area (Å²) in [6, 6.07) is 6.30. The quantitative estimate of drug-likeness (QED) is 0.796. The molecular formula is C15H20N2O3S. The number of rotatable bonds is 7. The third-order valence-electron chi connectivity index (χ3n) is 3.32. The van der Waals surface area contributed by atoms with Crippen molar-refractivity contribution in [1.29, 1.82) is 0 Å². The Morgan fingerprint density at radius 2 is 2.29 bits per heavy atom. The van der Waals surface area contributed by atoms with Gasteiger partial charge >= 0.3 is 5.97 Å². The van der Waals surface area contributed by atoms with Gasteiger partial charge in [-0.15, -0.1) is 0 Å². The number of carboxylic acid groups (broad SMARTS) is 1. The molecule has 0 spiro atoms. The molecule has 1 heterocycles. The second kappa shape index (κ2) is 6.95. The third kappa shape index (κ3) is 3.77. The summed E-state index contributed by atoms with van der Waals surface area (Å²) in [5, 5.41) is 9.64. The monoisotopic (exact) mass is 308 g/mol. The van der Waals surface area contributed by atoms with E-state index in [2.05, 4.69) is 22.5 Å². The van der Waals surface area contributed by atoms with E-state index in [9.17, 15) is 4.79 Å². The molecule has 1 aromatic heterocycles. The highest BCUT2D eigenvalue weighted by molar-refractivity contribution is 7.99. The van der Waals surface area contributed by atoms with Crippen LogP contribution < -0.4 is 0 Å². The molecule has 0 saturated carbocycles. The fourth-order valence-electron chi connectivity index (χ4n) is 2.25. The van der Waals surface area contributed by atoms with E-state index in [1.54, 1.807) is 7.11 Å². The molecule has 1 aromatic carbocycles. The van der Waals surface area contributed by atoms with Gasteiger partial charge < -0.3 is 14.4 Å². The van der Waals surface area contributed by atoms with E-state index in [1.807, 2.05) is 19.1 Å². The lowest BCUT2D eigenvalue weighted by Gasteiger charge is -2.17. The molecule has 0 aliphatic heterocycles. The molecule has 0 bridgehead atoms. The fraction of sp³-hybridized carbons (Fsp3) is 0.467. The molecule has 0 aliphatic carbocycles. The number of thioether (sulfide) groups is 1. The second-order valence-corrected chi connectivity index (χ2v) is 6.01. The topological polar surface area (TPSA) is 64.3 Å². The molecular weight excluding hydrogens is 288 g/mol. The maximum Gasteiger partial charge on any atom is 0.313 e. The van der Waals surface area contributed by atoms with E-state index in [4.69, 9.17) is 9.84 Å². The van der Waals surface area contributed by atoms with Crippen molar-refractivity contribution in [2.45, 2.75) is 31.5 Å². The number of carboxylic acids is 1. The van der Waals surface area contributed by atoms with Crippen LogP contribution in [0.1, 0.15) is 24.9 Å². The number of nitrogens with zero attached hydrogens (tertiary/aromatic N) is 2. The molecule has 0 amide bonds. The van der Waals surface area contributed by atoms with Crippen molar-refractivity contribution in [3.63, 3.8) is 0 Å². The number of benzene rings is 1. The molecule has 1 atom stereocenters. The number of methoxy groups -OCH3 is 1. The van der Waals surface area contributed by atoms with E-state index in [0.717, 1.165) is 28.2 Å². The van der Waals surface area contributed by atoms with Crippen LogP contribution in [0.25, 0.3) is 11.0 Å². The summed E-state index contributed by atoms with van der Waals surface area (Å²) in [6.07, 6.45) is 0.858. The number of ether oxygens (including phenoxy) is 1. The highest BCUT2D eigenvalue weighted by Gasteiger charge is 2.17. The molecule has 0 radical (unpaired) electrons. The SMILES string of the molecule is COCCC(C)n1c(SCC(=O)O)nc2ccc(C)cc21. The van der Waals surface area contributed by atoms with Gasteiger partial charge in [-0.1, -0.05) is 17.8 Å². The first-order valence-corrected chi connectivity index (χ1v) is 7.83. The van der Waals surface area contributed by atoms with Crippen LogP contribution in [0.2, 0.25) is 0 Å². The summed E-state index contributed by atoms with van der Waals surface area (Å²) in [4.78, 5) is 15.4. The summed E-state index contributed by atoms with van der Waals surface area (Å²) in [6.45, 7) is 4.81. The Labute approximate surface area is 128 Å². The Balaban J connectivity index is 2.42. The number of carbonyl (C=O) groups is 1. The molecule has 0 fully saturated rings. The lowest BCUT2D eigenvalue weighted by molar-refractivity contribution is -0.133. The summed E-state index contributed by atoms with van der Waals surface area (Å²) in [5.74, 6) is -0.821. The second-order valence-electron chi connectivity index (χ2n) is 5.07. The van der Waals surface area contributed by atoms with Gasteiger partial charge in [-0.2, -0.15) is 0 Å². The normalized spacial score (nSPS) is 12.7. The Morgan fingerprint density at radius 3 is 2.95 bits per heavy atom. The van der Waals surface area contributed by atoms with Gasteiger partial charge in [0.05, 0.1) is 16.8 Å².